The van der Waals surface area contributed by atoms with Gasteiger partial charge in [-0.2, -0.15) is 0 Å². The third-order valence-corrected chi connectivity index (χ3v) is 12.9. The van der Waals surface area contributed by atoms with Crippen molar-refractivity contribution in [3.05, 3.63) is 196 Å². The molecule has 458 valence electrons. The first-order valence-corrected chi connectivity index (χ1v) is 28.1. The Kier molecular flexibility index (Phi) is 29.1. The SMILES string of the molecule is COC(OC)N(C)C.COCC(C)NC(=O)c1cc(-c2ccc(C)cc2)cc(-c2ccno2)c1.COCC(C)NC(=O)c1cc(C(=O)/C=C\N(C)C)cc(-c2ccc(C)cc2)c1.COCC(C)NC(=O)c1cc(C(C)=O)cc(-c2ccc(C)cc2)c1. The second kappa shape index (κ2) is 35.8. The van der Waals surface area contributed by atoms with Crippen LogP contribution in [0, 0.1) is 20.8 Å². The Balaban J connectivity index is 0.000000260. The molecule has 3 N–H and O–H groups in total. The number of aromatic nitrogens is 1. The Hall–Kier alpha value is -8.42. The zero-order valence-electron chi connectivity index (χ0n) is 52.7. The number of aryl methyl sites for hydroxylation is 3. The smallest absolute Gasteiger partial charge is 0.251 e. The van der Waals surface area contributed by atoms with Crippen LogP contribution in [0.25, 0.3) is 44.7 Å². The molecule has 3 unspecified atom stereocenters. The highest BCUT2D eigenvalue weighted by Gasteiger charge is 2.18. The number of benzene rings is 6. The molecule has 1 heterocycles. The number of hydrogen-bond acceptors (Lipinski definition) is 14. The van der Waals surface area contributed by atoms with Gasteiger partial charge in [0.15, 0.2) is 17.3 Å². The zero-order valence-corrected chi connectivity index (χ0v) is 52.7. The van der Waals surface area contributed by atoms with Crippen LogP contribution in [0.3, 0.4) is 0 Å². The van der Waals surface area contributed by atoms with Crippen molar-refractivity contribution >= 4 is 29.3 Å². The molecule has 0 fully saturated rings. The van der Waals surface area contributed by atoms with E-state index in [1.54, 1.807) is 71.0 Å². The largest absolute Gasteiger partial charge is 0.383 e. The van der Waals surface area contributed by atoms with E-state index in [9.17, 15) is 24.0 Å². The van der Waals surface area contributed by atoms with Gasteiger partial charge in [-0.3, -0.25) is 28.9 Å². The lowest BCUT2D eigenvalue weighted by molar-refractivity contribution is -0.179. The fourth-order valence-corrected chi connectivity index (χ4v) is 8.49. The third-order valence-electron chi connectivity index (χ3n) is 12.9. The second-order valence-electron chi connectivity index (χ2n) is 21.3. The first-order chi connectivity index (χ1) is 41.0. The van der Waals surface area contributed by atoms with Gasteiger partial charge in [-0.05, 0) is 151 Å². The molecule has 17 heteroatoms. The van der Waals surface area contributed by atoms with Crippen molar-refractivity contribution in [1.82, 2.24) is 30.9 Å². The van der Waals surface area contributed by atoms with E-state index >= 15 is 0 Å². The number of carbonyl (C=O) groups is 5. The van der Waals surface area contributed by atoms with Gasteiger partial charge >= 0.3 is 0 Å². The minimum Gasteiger partial charge on any atom is -0.383 e. The molecule has 7 aromatic rings. The summed E-state index contributed by atoms with van der Waals surface area (Å²) in [5.74, 6) is -0.188. The number of nitrogens with zero attached hydrogens (tertiary/aromatic N) is 3. The summed E-state index contributed by atoms with van der Waals surface area (Å²) in [5.41, 5.74) is 12.4. The fourth-order valence-electron chi connectivity index (χ4n) is 8.49. The van der Waals surface area contributed by atoms with Gasteiger partial charge in [0.1, 0.15) is 0 Å². The molecular weight excluding hydrogens is 1090 g/mol. The Morgan fingerprint density at radius 2 is 0.826 bits per heavy atom. The average Bonchev–Trinajstić information content (AvgIpc) is 2.28. The van der Waals surface area contributed by atoms with E-state index in [1.807, 2.05) is 178 Å². The highest BCUT2D eigenvalue weighted by Crippen LogP contribution is 2.30. The van der Waals surface area contributed by atoms with Gasteiger partial charge in [0, 0.05) is 119 Å². The van der Waals surface area contributed by atoms with Crippen LogP contribution in [-0.4, -0.2) is 152 Å². The average molecular weight is 1180 g/mol. The Morgan fingerprint density at radius 1 is 0.477 bits per heavy atom. The predicted octanol–water partition coefficient (Wildman–Crippen LogP) is 11.5. The molecule has 6 aromatic carbocycles. The maximum Gasteiger partial charge on any atom is 0.251 e. The fraction of sp³-hybridized carbons (Fsp3) is 0.333. The molecule has 0 bridgehead atoms. The van der Waals surface area contributed by atoms with E-state index in [0.717, 1.165) is 50.1 Å². The van der Waals surface area contributed by atoms with Crippen LogP contribution in [0.5, 0.6) is 0 Å². The summed E-state index contributed by atoms with van der Waals surface area (Å²) >= 11 is 0. The number of ketones is 2. The van der Waals surface area contributed by atoms with Crippen molar-refractivity contribution in [3.63, 3.8) is 0 Å². The lowest BCUT2D eigenvalue weighted by atomic mass is 9.97. The van der Waals surface area contributed by atoms with Gasteiger partial charge in [0.25, 0.3) is 17.7 Å². The van der Waals surface area contributed by atoms with Crippen molar-refractivity contribution in [2.24, 2.45) is 0 Å². The van der Waals surface area contributed by atoms with Gasteiger partial charge in [0.05, 0.1) is 26.0 Å². The van der Waals surface area contributed by atoms with Gasteiger partial charge in [-0.15, -0.1) is 0 Å². The standard InChI is InChI=1S/C23H28N2O3.C21H22N2O3.C20H23NO3.C5H13NO2/c1-16-6-8-18(9-7-16)19-12-20(22(26)10-11-25(3)4)14-21(13-19)23(27)24-17(2)15-28-5;1-14-4-6-16(7-5-14)17-10-18(20-8-9-22-26-20)12-19(11-17)21(24)23-15(2)13-25-3;1-13-5-7-16(8-6-13)18-9-17(15(3)22)10-19(11-18)20(23)21-14(2)12-24-4;1-6(2)5(7-3)8-4/h6-14,17H,15H2,1-5H3,(H,24,27);4-12,15H,13H2,1-3H3,(H,23,24);5-11,14H,12H2,1-4H3,(H,21,23);5H,1-4H3/b11-10-;;;. The van der Waals surface area contributed by atoms with Gasteiger partial charge in [0.2, 0.25) is 6.41 Å². The number of methoxy groups -OCH3 is 5. The van der Waals surface area contributed by atoms with Crippen LogP contribution in [0.15, 0.2) is 156 Å². The number of ether oxygens (including phenoxy) is 5. The van der Waals surface area contributed by atoms with E-state index in [-0.39, 0.29) is 53.8 Å². The summed E-state index contributed by atoms with van der Waals surface area (Å²) in [6.07, 6.45) is 4.58. The van der Waals surface area contributed by atoms with Crippen LogP contribution < -0.4 is 16.0 Å². The van der Waals surface area contributed by atoms with Crippen molar-refractivity contribution < 1.29 is 52.2 Å². The maximum atomic E-state index is 12.7. The van der Waals surface area contributed by atoms with Crippen molar-refractivity contribution in [3.8, 4) is 44.7 Å². The summed E-state index contributed by atoms with van der Waals surface area (Å²) in [4.78, 5) is 65.9. The van der Waals surface area contributed by atoms with E-state index in [2.05, 4.69) is 33.2 Å². The molecule has 17 nitrogen and oxygen atoms in total. The first-order valence-electron chi connectivity index (χ1n) is 28.1. The topological polar surface area (TPSA) is 200 Å². The molecule has 0 spiro atoms. The summed E-state index contributed by atoms with van der Waals surface area (Å²) in [6, 6.07) is 41.9. The van der Waals surface area contributed by atoms with E-state index in [4.69, 9.17) is 28.2 Å². The zero-order chi connectivity index (χ0) is 63.5. The number of hydrogen-bond donors (Lipinski definition) is 3. The highest BCUT2D eigenvalue weighted by molar-refractivity contribution is 6.07. The summed E-state index contributed by atoms with van der Waals surface area (Å²) in [5, 5.41) is 12.5. The minimum atomic E-state index is -0.232. The van der Waals surface area contributed by atoms with Crippen LogP contribution in [0.1, 0.15) is 96.2 Å². The number of nitrogens with one attached hydrogen (secondary N) is 3. The van der Waals surface area contributed by atoms with E-state index < -0.39 is 0 Å². The molecule has 7 rings (SSSR count). The van der Waals surface area contributed by atoms with Crippen LogP contribution >= 0.6 is 0 Å². The predicted molar refractivity (Wildman–Crippen MR) is 340 cm³/mol. The normalized spacial score (nSPS) is 11.9. The van der Waals surface area contributed by atoms with Crippen LogP contribution in [-0.2, 0) is 23.7 Å². The van der Waals surface area contributed by atoms with Crippen molar-refractivity contribution in [2.75, 3.05) is 83.6 Å². The molecule has 0 aliphatic rings. The number of allylic oxidation sites excluding steroid dienone is 1. The first kappa shape index (κ1) is 70.1. The molecule has 3 amide bonds. The Morgan fingerprint density at radius 3 is 1.15 bits per heavy atom. The van der Waals surface area contributed by atoms with E-state index in [1.165, 1.54) is 18.6 Å². The monoisotopic (exact) mass is 1170 g/mol. The lowest BCUT2D eigenvalue weighted by Crippen LogP contribution is -2.35. The molecule has 0 saturated heterocycles. The van der Waals surface area contributed by atoms with Gasteiger partial charge < -0.3 is 49.1 Å². The Bertz CT molecular complexity index is 3280. The molecule has 0 aliphatic carbocycles. The number of rotatable bonds is 23. The third kappa shape index (κ3) is 23.2. The highest BCUT2D eigenvalue weighted by atomic mass is 16.7. The van der Waals surface area contributed by atoms with Crippen LogP contribution in [0.4, 0.5) is 0 Å². The molecule has 86 heavy (non-hydrogen) atoms. The minimum absolute atomic E-state index is 0.0667. The number of Topliss-reactive ketones (excluding diaryl/α,β-unsaturated/α-hetero) is 1. The lowest BCUT2D eigenvalue weighted by Gasteiger charge is -2.19. The van der Waals surface area contributed by atoms with Crippen molar-refractivity contribution in [2.45, 2.75) is 73.0 Å². The summed E-state index contributed by atoms with van der Waals surface area (Å²) in [6.45, 7) is 14.5. The molecular formula is C69H86N6O11. The molecule has 0 saturated carbocycles. The summed E-state index contributed by atoms with van der Waals surface area (Å²) < 4.78 is 30.2. The van der Waals surface area contributed by atoms with Crippen LogP contribution in [0.2, 0.25) is 0 Å². The molecule has 1 aromatic heterocycles. The van der Waals surface area contributed by atoms with Crippen molar-refractivity contribution in [1.29, 1.82) is 0 Å². The second-order valence-corrected chi connectivity index (χ2v) is 21.3. The molecule has 0 aliphatic heterocycles. The van der Waals surface area contributed by atoms with Gasteiger partial charge in [-0.1, -0.05) is 94.6 Å². The maximum absolute atomic E-state index is 12.7. The molecule has 3 atom stereocenters. The quantitative estimate of drug-likeness (QED) is 0.0310. The summed E-state index contributed by atoms with van der Waals surface area (Å²) in [7, 11) is 15.5. The van der Waals surface area contributed by atoms with E-state index in [0.29, 0.717) is 53.4 Å². The Labute approximate surface area is 508 Å². The van der Waals surface area contributed by atoms with Gasteiger partial charge in [-0.25, -0.2) is 0 Å². The number of carbonyl (C=O) groups excluding carboxylic acids is 5. The molecule has 0 radical (unpaired) electrons. The number of amides is 3.